The molecule has 0 aliphatic carbocycles. The van der Waals surface area contributed by atoms with Gasteiger partial charge in [0.25, 0.3) is 0 Å². The van der Waals surface area contributed by atoms with Crippen LogP contribution in [0.5, 0.6) is 0 Å². The molecule has 0 bridgehead atoms. The van der Waals surface area contributed by atoms with Crippen LogP contribution in [0, 0.1) is 0 Å². The number of hydrogen-bond donors (Lipinski definition) is 2. The summed E-state index contributed by atoms with van der Waals surface area (Å²) >= 11 is 0. The van der Waals surface area contributed by atoms with Crippen LogP contribution in [0.2, 0.25) is 0 Å². The van der Waals surface area contributed by atoms with Crippen molar-refractivity contribution in [1.82, 2.24) is 20.4 Å². The number of piperidine rings is 2. The minimum absolute atomic E-state index is 0.125. The zero-order valence-corrected chi connectivity index (χ0v) is 12.3. The van der Waals surface area contributed by atoms with Crippen LogP contribution in [-0.4, -0.2) is 74.6 Å². The first-order chi connectivity index (χ1) is 9.17. The Hall–Kier alpha value is -0.650. The van der Waals surface area contributed by atoms with Crippen molar-refractivity contribution in [2.75, 3.05) is 46.8 Å². The third kappa shape index (κ3) is 4.75. The maximum absolute atomic E-state index is 11.3. The summed E-state index contributed by atoms with van der Waals surface area (Å²) in [5.41, 5.74) is 0. The standard InChI is InChI=1S/C14H28N4O/c1-15-14(19)11-18-8-5-12(6-9-18)16-13-4-3-7-17(2)10-13/h12-13,16H,3-11H2,1-2H3,(H,15,19). The Morgan fingerprint density at radius 2 is 1.89 bits per heavy atom. The van der Waals surface area contributed by atoms with E-state index in [4.69, 9.17) is 0 Å². The highest BCUT2D eigenvalue weighted by Crippen LogP contribution is 2.14. The quantitative estimate of drug-likeness (QED) is 0.746. The molecule has 1 amide bonds. The van der Waals surface area contributed by atoms with Crippen LogP contribution in [0.3, 0.4) is 0 Å². The number of nitrogens with zero attached hydrogens (tertiary/aromatic N) is 2. The van der Waals surface area contributed by atoms with E-state index in [9.17, 15) is 4.79 Å². The molecule has 2 aliphatic heterocycles. The molecule has 1 unspecified atom stereocenters. The molecule has 2 aliphatic rings. The third-order valence-corrected chi connectivity index (χ3v) is 4.33. The van der Waals surface area contributed by atoms with Crippen LogP contribution >= 0.6 is 0 Å². The maximum atomic E-state index is 11.3. The van der Waals surface area contributed by atoms with Gasteiger partial charge in [0.05, 0.1) is 6.54 Å². The van der Waals surface area contributed by atoms with Gasteiger partial charge in [0.2, 0.25) is 5.91 Å². The van der Waals surface area contributed by atoms with Gasteiger partial charge in [-0.05, 0) is 39.3 Å². The number of nitrogens with one attached hydrogen (secondary N) is 2. The number of amides is 1. The summed E-state index contributed by atoms with van der Waals surface area (Å²) in [6, 6.07) is 1.30. The van der Waals surface area contributed by atoms with E-state index in [-0.39, 0.29) is 5.91 Å². The highest BCUT2D eigenvalue weighted by Gasteiger charge is 2.24. The summed E-state index contributed by atoms with van der Waals surface area (Å²) in [5, 5.41) is 6.50. The Morgan fingerprint density at radius 1 is 1.16 bits per heavy atom. The maximum Gasteiger partial charge on any atom is 0.233 e. The van der Waals surface area contributed by atoms with Crippen molar-refractivity contribution in [3.05, 3.63) is 0 Å². The normalized spacial score (nSPS) is 27.4. The van der Waals surface area contributed by atoms with E-state index in [0.717, 1.165) is 25.9 Å². The number of likely N-dealkylation sites (tertiary alicyclic amines) is 2. The van der Waals surface area contributed by atoms with Gasteiger partial charge >= 0.3 is 0 Å². The van der Waals surface area contributed by atoms with Gasteiger partial charge in [-0.25, -0.2) is 0 Å². The lowest BCUT2D eigenvalue weighted by Gasteiger charge is -2.37. The van der Waals surface area contributed by atoms with E-state index >= 15 is 0 Å². The highest BCUT2D eigenvalue weighted by molar-refractivity contribution is 5.77. The second kappa shape index (κ2) is 7.22. The van der Waals surface area contributed by atoms with Crippen LogP contribution in [-0.2, 0) is 4.79 Å². The summed E-state index contributed by atoms with van der Waals surface area (Å²) in [4.78, 5) is 16.0. The predicted octanol–water partition coefficient (Wildman–Crippen LogP) is -0.119. The lowest BCUT2D eigenvalue weighted by Crippen LogP contribution is -2.52. The number of rotatable bonds is 4. The van der Waals surface area contributed by atoms with Gasteiger partial charge in [-0.2, -0.15) is 0 Å². The number of carbonyl (C=O) groups excluding carboxylic acids is 1. The predicted molar refractivity (Wildman–Crippen MR) is 77.2 cm³/mol. The SMILES string of the molecule is CNC(=O)CN1CCC(NC2CCCN(C)C2)CC1. The van der Waals surface area contributed by atoms with E-state index in [0.29, 0.717) is 18.6 Å². The highest BCUT2D eigenvalue weighted by atomic mass is 16.1. The van der Waals surface area contributed by atoms with Crippen LogP contribution in [0.25, 0.3) is 0 Å². The van der Waals surface area contributed by atoms with Crippen molar-refractivity contribution in [3.63, 3.8) is 0 Å². The summed E-state index contributed by atoms with van der Waals surface area (Å²) in [6.07, 6.45) is 4.95. The Balaban J connectivity index is 1.67. The van der Waals surface area contributed by atoms with Gasteiger partial charge < -0.3 is 15.5 Å². The molecule has 0 spiro atoms. The van der Waals surface area contributed by atoms with Gasteiger partial charge in [-0.3, -0.25) is 9.69 Å². The molecule has 2 heterocycles. The molecule has 1 atom stereocenters. The Labute approximate surface area is 116 Å². The van der Waals surface area contributed by atoms with E-state index in [1.54, 1.807) is 7.05 Å². The molecule has 0 aromatic carbocycles. The van der Waals surface area contributed by atoms with Crippen LogP contribution in [0.15, 0.2) is 0 Å². The smallest absolute Gasteiger partial charge is 0.233 e. The fourth-order valence-corrected chi connectivity index (χ4v) is 3.18. The lowest BCUT2D eigenvalue weighted by molar-refractivity contribution is -0.122. The van der Waals surface area contributed by atoms with Crippen LogP contribution < -0.4 is 10.6 Å². The van der Waals surface area contributed by atoms with Crippen LogP contribution in [0.4, 0.5) is 0 Å². The minimum atomic E-state index is 0.125. The fraction of sp³-hybridized carbons (Fsp3) is 0.929. The Kier molecular flexibility index (Phi) is 5.60. The van der Waals surface area contributed by atoms with Gasteiger partial charge in [0, 0.05) is 38.8 Å². The van der Waals surface area contributed by atoms with Gasteiger partial charge in [0.15, 0.2) is 0 Å². The molecule has 0 aromatic rings. The summed E-state index contributed by atoms with van der Waals surface area (Å²) in [5.74, 6) is 0.125. The molecule has 110 valence electrons. The monoisotopic (exact) mass is 268 g/mol. The second-order valence-electron chi connectivity index (χ2n) is 5.99. The molecular formula is C14H28N4O. The number of likely N-dealkylation sites (N-methyl/N-ethyl adjacent to an activating group) is 2. The average molecular weight is 268 g/mol. The average Bonchev–Trinajstić information content (AvgIpc) is 2.41. The Morgan fingerprint density at radius 3 is 2.53 bits per heavy atom. The largest absolute Gasteiger partial charge is 0.358 e. The summed E-state index contributed by atoms with van der Waals surface area (Å²) < 4.78 is 0. The van der Waals surface area contributed by atoms with Gasteiger partial charge in [-0.15, -0.1) is 0 Å². The third-order valence-electron chi connectivity index (χ3n) is 4.33. The fourth-order valence-electron chi connectivity index (χ4n) is 3.18. The van der Waals surface area contributed by atoms with Crippen molar-refractivity contribution in [2.45, 2.75) is 37.8 Å². The molecule has 5 heteroatoms. The second-order valence-corrected chi connectivity index (χ2v) is 5.99. The molecule has 0 aromatic heterocycles. The summed E-state index contributed by atoms with van der Waals surface area (Å²) in [7, 11) is 3.91. The molecule has 2 fully saturated rings. The molecule has 2 saturated heterocycles. The van der Waals surface area contributed by atoms with Gasteiger partial charge in [-0.1, -0.05) is 0 Å². The van der Waals surface area contributed by atoms with Crippen molar-refractivity contribution in [3.8, 4) is 0 Å². The minimum Gasteiger partial charge on any atom is -0.358 e. The van der Waals surface area contributed by atoms with E-state index in [1.807, 2.05) is 0 Å². The van der Waals surface area contributed by atoms with Crippen molar-refractivity contribution < 1.29 is 4.79 Å². The topological polar surface area (TPSA) is 47.6 Å². The molecular weight excluding hydrogens is 240 g/mol. The summed E-state index contributed by atoms with van der Waals surface area (Å²) in [6.45, 7) is 5.04. The van der Waals surface area contributed by atoms with Crippen molar-refractivity contribution >= 4 is 5.91 Å². The first-order valence-corrected chi connectivity index (χ1v) is 7.55. The van der Waals surface area contributed by atoms with Gasteiger partial charge in [0.1, 0.15) is 0 Å². The number of carbonyl (C=O) groups is 1. The first kappa shape index (κ1) is 14.8. The van der Waals surface area contributed by atoms with E-state index in [2.05, 4.69) is 27.5 Å². The van der Waals surface area contributed by atoms with E-state index in [1.165, 1.54) is 25.9 Å². The molecule has 5 nitrogen and oxygen atoms in total. The molecule has 2 rings (SSSR count). The zero-order valence-electron chi connectivity index (χ0n) is 12.3. The molecule has 0 radical (unpaired) electrons. The molecule has 19 heavy (non-hydrogen) atoms. The van der Waals surface area contributed by atoms with Crippen molar-refractivity contribution in [2.24, 2.45) is 0 Å². The zero-order chi connectivity index (χ0) is 13.7. The molecule has 2 N–H and O–H groups in total. The van der Waals surface area contributed by atoms with Crippen LogP contribution in [0.1, 0.15) is 25.7 Å². The number of hydrogen-bond acceptors (Lipinski definition) is 4. The van der Waals surface area contributed by atoms with Crippen molar-refractivity contribution in [1.29, 1.82) is 0 Å². The Bertz CT molecular complexity index is 289. The lowest BCUT2D eigenvalue weighted by atomic mass is 10.0. The molecule has 0 saturated carbocycles. The van der Waals surface area contributed by atoms with E-state index < -0.39 is 0 Å². The first-order valence-electron chi connectivity index (χ1n) is 7.55.